The zero-order valence-corrected chi connectivity index (χ0v) is 88.0. The predicted octanol–water partition coefficient (Wildman–Crippen LogP) is 13.1. The molecule has 1 amide bonds. The number of aliphatic hydroxyl groups excluding tert-OH is 1. The number of nitrogens with zero attached hydrogens (tertiary/aromatic N) is 1. The van der Waals surface area contributed by atoms with Crippen molar-refractivity contribution in [1.82, 2.24) is 14.9 Å². The highest BCUT2D eigenvalue weighted by Gasteiger charge is 2.40. The summed E-state index contributed by atoms with van der Waals surface area (Å²) in [4.78, 5) is 175. The van der Waals surface area contributed by atoms with E-state index in [1.54, 1.807) is 0 Å². The van der Waals surface area contributed by atoms with Crippen molar-refractivity contribution < 1.29 is 238 Å². The Morgan fingerprint density at radius 3 is 1.05 bits per heavy atom. The van der Waals surface area contributed by atoms with Gasteiger partial charge in [0.2, 0.25) is 5.43 Å². The third-order valence-electron chi connectivity index (χ3n) is 17.6. The predicted molar refractivity (Wildman–Crippen MR) is 490 cm³/mol. The first-order chi connectivity index (χ1) is 65.8. The van der Waals surface area contributed by atoms with E-state index in [4.69, 9.17) is 178 Å². The molecule has 0 saturated carbocycles. The van der Waals surface area contributed by atoms with Crippen LogP contribution in [-0.2, 0) is 154 Å². The number of aromatic hydroxyl groups is 1. The first-order valence-corrected chi connectivity index (χ1v) is 60.0. The van der Waals surface area contributed by atoms with Crippen molar-refractivity contribution >= 4 is 179 Å². The summed E-state index contributed by atoms with van der Waals surface area (Å²) in [5, 5.41) is 31.3. The molecule has 11 unspecified atom stereocenters. The third-order valence-corrected chi connectivity index (χ3v) is 30.7. The summed E-state index contributed by atoms with van der Waals surface area (Å²) in [6.45, 7) is -10.5. The first-order valence-electron chi connectivity index (χ1n) is 41.2. The topological polar surface area (TPSA) is 815 Å². The number of hydrogen-bond acceptors (Lipinski definition) is 42. The number of rotatable bonds is 75. The molecule has 0 radical (unpaired) electrons. The number of fused-ring (bicyclic) bond motifs is 2. The van der Waals surface area contributed by atoms with Crippen LogP contribution in [0.1, 0.15) is 129 Å². The summed E-state index contributed by atoms with van der Waals surface area (Å²) in [6.07, 6.45) is -3.47. The van der Waals surface area contributed by atoms with Gasteiger partial charge in [0.15, 0.2) is 17.1 Å². The van der Waals surface area contributed by atoms with E-state index >= 15 is 0 Å². The fraction of sp³-hybridized carbons (Fsp3) is 0.627. The number of phosphoric acid groups is 11. The summed E-state index contributed by atoms with van der Waals surface area (Å²) in [5.41, 5.74) is -3.87. The number of ether oxygens (including phenoxy) is 1. The van der Waals surface area contributed by atoms with Crippen LogP contribution in [0.5, 0.6) is 5.75 Å². The summed E-state index contributed by atoms with van der Waals surface area (Å²) in [5.74, 6) is -3.37. The number of H-pyrrole nitrogens is 1. The average Bonchev–Trinajstić information content (AvgIpc) is 0.971. The minimum Gasteiger partial charge on any atom is -0.505 e. The van der Waals surface area contributed by atoms with Crippen LogP contribution in [0.15, 0.2) is 43.2 Å². The van der Waals surface area contributed by atoms with Crippen molar-refractivity contribution in [3.8, 4) is 28.2 Å². The number of phosphoric ester groups is 11. The number of halogens is 6. The maximum Gasteiger partial charge on any atom is 0.472 e. The lowest BCUT2D eigenvalue weighted by molar-refractivity contribution is -0.0466. The van der Waals surface area contributed by atoms with Crippen molar-refractivity contribution in [2.24, 2.45) is 0 Å². The van der Waals surface area contributed by atoms with Gasteiger partial charge in [0.25, 0.3) is 11.5 Å². The maximum atomic E-state index is 13.6. The molecule has 14 atom stereocenters. The Kier molecular flexibility index (Phi) is 54.1. The third kappa shape index (κ3) is 47.1. The van der Waals surface area contributed by atoms with Crippen molar-refractivity contribution in [2.75, 3.05) is 152 Å². The van der Waals surface area contributed by atoms with Gasteiger partial charge in [-0.2, -0.15) is 0 Å². The number of phenols is 1. The Balaban J connectivity index is 0.684. The van der Waals surface area contributed by atoms with Crippen molar-refractivity contribution in [3.05, 3.63) is 102 Å². The number of carbonyl (C=O) groups excluding carboxylic acids is 1. The number of amides is 1. The number of carboxylic acid groups (broad SMARTS) is 1. The summed E-state index contributed by atoms with van der Waals surface area (Å²) >= 11 is 38.7. The molecule has 1 saturated heterocycles. The van der Waals surface area contributed by atoms with Crippen molar-refractivity contribution in [1.29, 1.82) is 0 Å². The number of aromatic nitrogens is 2. The SMILES string of the molecule is Cc1cn([C@H]2C[C@H](O)[C@@H](COP(=O)(O)OCCCOP(=O)(O)OCCCOP(=O)(O)OCCCOP(=O)(O)OCCCOP(=O)(O)OCCCOP(=O)(O)OCCCOP(=O)(O)OCCCOP(=O)(O)OCCCOP(=O)(O)OCCCOP(=O)(O)OCCCOP(=O)(O)OCCCCCCNC(=O)c3cc(Cl)c(C(=O)O)c(-c4c5cc(Cl)c(=O)c(Cl)c-5oc5c(Cl)c(O)c(Cl)cc45)c3Cl)O2)c(=O)[nH]c1=O. The van der Waals surface area contributed by atoms with E-state index in [0.29, 0.717) is 19.3 Å². The Morgan fingerprint density at radius 2 is 0.723 bits per heavy atom. The lowest BCUT2D eigenvalue weighted by Gasteiger charge is -2.21. The molecule has 0 bridgehead atoms. The van der Waals surface area contributed by atoms with E-state index in [2.05, 4.69) is 10.3 Å². The number of unbranched alkanes of at least 4 members (excludes halogenated alkanes) is 3. The highest BCUT2D eigenvalue weighted by molar-refractivity contribution is 7.50. The Hall–Kier alpha value is -2.58. The molecule has 806 valence electrons. The van der Waals surface area contributed by atoms with E-state index in [1.165, 1.54) is 19.2 Å². The molecule has 6 rings (SSSR count). The number of benzene rings is 3. The standard InChI is InChI=1S/C67H102Cl6N3O54P11/c1-44-42-76(67(84)75-64(44)80)53-41-51(77)52(129-53)43-128-141(105,106)127-37-15-36-126-140(103,104)125-35-14-34-124-139(101,102)123-33-13-32-122-138(99,100)121-31-12-30-120-137(97,98)119-29-11-28-118-136(95,96)117-27-10-26-116-135(93,94)115-25-9-24-114-134(91,92)113-23-8-22-112-133(89,90)111-21-7-20-110-132(87,88)109-19-6-18-108-131(85,86)107-17-5-3-2-4-16-74-65(81)47-40-48(68)55(66(82)83)56(57(47)71)54-45-38-49(69)60(78)58(72)62(45)130-63-46(54)39-50(70)61(79)59(63)73/h38-40,42,51-53,77-78H,2-37,41,43H2,1H3,(H,74,81)(H,82,83)(H,85,86)(H,87,88)(H,89,90)(H,91,92)(H,93,94)(H,95,96)(H,97,98)(H,99,100)(H,101,102)(H,103,104)(H,105,106)(H,75,80,84)/t51-,52+,53+/m0/s1. The number of aromatic carboxylic acids is 1. The molecular weight excluding hydrogens is 2260 g/mol. The van der Waals surface area contributed by atoms with Gasteiger partial charge in [0.1, 0.15) is 22.4 Å². The van der Waals surface area contributed by atoms with E-state index in [-0.39, 0.29) is 140 Å². The molecule has 2 aromatic carbocycles. The second-order valence-corrected chi connectivity index (χ2v) is 46.9. The van der Waals surface area contributed by atoms with Crippen molar-refractivity contribution in [2.45, 2.75) is 122 Å². The van der Waals surface area contributed by atoms with Gasteiger partial charge in [-0.15, -0.1) is 0 Å². The average molecular weight is 2370 g/mol. The normalized spacial score (nSPS) is 19.0. The molecule has 74 heteroatoms. The molecular formula is C67H102Cl6N3O54P11. The number of aliphatic hydroxyl groups is 1. The van der Waals surface area contributed by atoms with Crippen LogP contribution < -0.4 is 22.0 Å². The molecule has 16 N–H and O–H groups in total. The van der Waals surface area contributed by atoms with Gasteiger partial charge in [-0.25, -0.2) is 59.8 Å². The zero-order chi connectivity index (χ0) is 105. The Morgan fingerprint density at radius 1 is 0.411 bits per heavy atom. The quantitative estimate of drug-likeness (QED) is 0.00976. The fourth-order valence-electron chi connectivity index (χ4n) is 11.2. The monoisotopic (exact) mass is 2360 g/mol. The number of carboxylic acids is 1. The van der Waals surface area contributed by atoms with Crippen LogP contribution in [0.25, 0.3) is 33.4 Å². The van der Waals surface area contributed by atoms with Gasteiger partial charge in [0.05, 0.1) is 183 Å². The summed E-state index contributed by atoms with van der Waals surface area (Å²) < 4.78 is 252. The van der Waals surface area contributed by atoms with Crippen molar-refractivity contribution in [3.63, 3.8) is 0 Å². The van der Waals surface area contributed by atoms with Crippen LogP contribution >= 0.6 is 156 Å². The van der Waals surface area contributed by atoms with E-state index < -0.39 is 308 Å². The number of aromatic amines is 1. The van der Waals surface area contributed by atoms with E-state index in [0.717, 1.165) is 16.7 Å². The first kappa shape index (κ1) is 127. The number of hydrogen-bond donors (Lipinski definition) is 16. The minimum absolute atomic E-state index is 0.0395. The lowest BCUT2D eigenvalue weighted by Crippen LogP contribution is -2.33. The number of carbonyl (C=O) groups is 2. The van der Waals surface area contributed by atoms with Crippen LogP contribution in [0, 0.1) is 6.92 Å². The molecule has 1 fully saturated rings. The number of phenolic OH excluding ortho intramolecular Hbond substituents is 1. The highest BCUT2D eigenvalue weighted by Crippen LogP contribution is 2.56. The second-order valence-electron chi connectivity index (χ2n) is 28.6. The van der Waals surface area contributed by atoms with Crippen LogP contribution in [-0.4, -0.2) is 255 Å². The van der Waals surface area contributed by atoms with Gasteiger partial charge in [-0.05, 0) is 102 Å². The van der Waals surface area contributed by atoms with Crippen LogP contribution in [0.3, 0.4) is 0 Å². The van der Waals surface area contributed by atoms with E-state index in [1.807, 2.05) is 0 Å². The van der Waals surface area contributed by atoms with Crippen LogP contribution in [0.2, 0.25) is 30.1 Å². The lowest BCUT2D eigenvalue weighted by atomic mass is 9.89. The summed E-state index contributed by atoms with van der Waals surface area (Å²) in [7, 11) is -52.1. The molecule has 1 aliphatic carbocycles. The zero-order valence-electron chi connectivity index (χ0n) is 73.6. The maximum absolute atomic E-state index is 13.6. The molecule has 141 heavy (non-hydrogen) atoms. The molecule has 2 aliphatic heterocycles. The molecule has 1 aromatic heterocycles. The van der Waals surface area contributed by atoms with Gasteiger partial charge in [0, 0.05) is 46.8 Å². The summed E-state index contributed by atoms with van der Waals surface area (Å²) in [6, 6.07) is 3.32. The van der Waals surface area contributed by atoms with Gasteiger partial charge in [-0.1, -0.05) is 82.4 Å². The largest absolute Gasteiger partial charge is 0.505 e. The molecule has 3 aliphatic rings. The highest BCUT2D eigenvalue weighted by atomic mass is 35.5. The van der Waals surface area contributed by atoms with Gasteiger partial charge >= 0.3 is 97.7 Å². The molecule has 0 spiro atoms. The van der Waals surface area contributed by atoms with E-state index in [9.17, 15) is 143 Å². The number of nitrogens with one attached hydrogen (secondary N) is 2. The molecule has 3 heterocycles. The Bertz CT molecular complexity index is 5690. The van der Waals surface area contributed by atoms with Gasteiger partial charge < -0.3 is 83.6 Å². The van der Waals surface area contributed by atoms with Gasteiger partial charge in [-0.3, -0.25) is 123 Å². The molecule has 3 aromatic rings. The Labute approximate surface area is 830 Å². The van der Waals surface area contributed by atoms with Crippen LogP contribution in [0.4, 0.5) is 0 Å². The minimum atomic E-state index is -4.76. The number of aryl methyl sites for hydroxylation is 1. The smallest absolute Gasteiger partial charge is 0.472 e. The fourth-order valence-corrected chi connectivity index (χ4v) is 21.5. The molecule has 57 nitrogen and oxygen atoms in total. The second kappa shape index (κ2) is 60.0.